The van der Waals surface area contributed by atoms with E-state index in [4.69, 9.17) is 24.7 Å². The molecule has 138 valence electrons. The fraction of sp³-hybridized carbons (Fsp3) is 0.533. The van der Waals surface area contributed by atoms with Gasteiger partial charge in [0.15, 0.2) is 23.8 Å². The van der Waals surface area contributed by atoms with Crippen LogP contribution in [-0.2, 0) is 28.5 Å². The molecule has 11 heteroatoms. The number of anilines is 1. The Morgan fingerprint density at radius 2 is 2.04 bits per heavy atom. The minimum atomic E-state index is -0.772. The molecule has 4 rings (SSSR count). The summed E-state index contributed by atoms with van der Waals surface area (Å²) in [5.74, 6) is -0.707. The van der Waals surface area contributed by atoms with Crippen LogP contribution in [0.25, 0.3) is 11.2 Å². The van der Waals surface area contributed by atoms with Gasteiger partial charge in [0.2, 0.25) is 0 Å². The lowest BCUT2D eigenvalue weighted by Gasteiger charge is -2.25. The maximum Gasteiger partial charge on any atom is 0.303 e. The largest absolute Gasteiger partial charge is 0.462 e. The predicted octanol–water partition coefficient (Wildman–Crippen LogP) is -0.432. The van der Waals surface area contributed by atoms with Crippen LogP contribution in [0, 0.1) is 0 Å². The zero-order chi connectivity index (χ0) is 18.4. The van der Waals surface area contributed by atoms with E-state index in [1.807, 2.05) is 0 Å². The Morgan fingerprint density at radius 3 is 2.77 bits per heavy atom. The van der Waals surface area contributed by atoms with Crippen LogP contribution >= 0.6 is 0 Å². The molecular formula is C15H17N5O6. The number of rotatable bonds is 5. The molecule has 0 spiro atoms. The van der Waals surface area contributed by atoms with Gasteiger partial charge in [-0.25, -0.2) is 15.0 Å². The Hall–Kier alpha value is -2.79. The van der Waals surface area contributed by atoms with Gasteiger partial charge in [0.25, 0.3) is 0 Å². The molecule has 2 aliphatic rings. The predicted molar refractivity (Wildman–Crippen MR) is 84.5 cm³/mol. The van der Waals surface area contributed by atoms with Gasteiger partial charge in [-0.1, -0.05) is 0 Å². The maximum absolute atomic E-state index is 11.4. The van der Waals surface area contributed by atoms with Crippen molar-refractivity contribution in [3.05, 3.63) is 12.7 Å². The third-order valence-corrected chi connectivity index (χ3v) is 4.26. The smallest absolute Gasteiger partial charge is 0.303 e. The Morgan fingerprint density at radius 1 is 1.23 bits per heavy atom. The van der Waals surface area contributed by atoms with Crippen LogP contribution in [0.3, 0.4) is 0 Å². The fourth-order valence-electron chi connectivity index (χ4n) is 3.13. The van der Waals surface area contributed by atoms with Crippen LogP contribution in [0.15, 0.2) is 12.7 Å². The highest BCUT2D eigenvalue weighted by Gasteiger charge is 2.62. The molecule has 0 aliphatic carbocycles. The minimum Gasteiger partial charge on any atom is -0.462 e. The molecule has 2 fully saturated rings. The van der Waals surface area contributed by atoms with Crippen molar-refractivity contribution in [1.29, 1.82) is 0 Å². The topological polar surface area (TPSA) is 144 Å². The first-order valence-electron chi connectivity index (χ1n) is 8.00. The number of carbonyl (C=O) groups excluding carboxylic acids is 2. The fourth-order valence-corrected chi connectivity index (χ4v) is 3.13. The number of nitrogen functional groups attached to an aromatic ring is 1. The first kappa shape index (κ1) is 16.7. The highest BCUT2D eigenvalue weighted by Crippen LogP contribution is 2.47. The molecule has 0 saturated carbocycles. The van der Waals surface area contributed by atoms with E-state index in [0.29, 0.717) is 11.2 Å². The summed E-state index contributed by atoms with van der Waals surface area (Å²) >= 11 is 0. The molecular weight excluding hydrogens is 346 g/mol. The summed E-state index contributed by atoms with van der Waals surface area (Å²) in [5, 5.41) is 0. The lowest BCUT2D eigenvalue weighted by atomic mass is 10.1. The van der Waals surface area contributed by atoms with Crippen LogP contribution in [0.2, 0.25) is 0 Å². The average molecular weight is 363 g/mol. The summed E-state index contributed by atoms with van der Waals surface area (Å²) in [6.07, 6.45) is 0.501. The summed E-state index contributed by atoms with van der Waals surface area (Å²) in [5.41, 5.74) is 6.79. The third-order valence-electron chi connectivity index (χ3n) is 4.26. The van der Waals surface area contributed by atoms with Crippen LogP contribution in [-0.4, -0.2) is 62.5 Å². The molecule has 2 aliphatic heterocycles. The highest BCUT2D eigenvalue weighted by atomic mass is 16.7. The first-order chi connectivity index (χ1) is 12.5. The standard InChI is InChI=1S/C15H17N5O6/c1-6(21)23-3-8(24-7(2)22)10-11-12(25-11)15(26-10)20-5-19-9-13(16)17-4-18-14(9)20/h4-5,8,10-12,15H,3H2,1-2H3,(H2,16,17,18)/t8-,10-,11-,12-,15-/m1/s1. The van der Waals surface area contributed by atoms with E-state index in [9.17, 15) is 9.59 Å². The van der Waals surface area contributed by atoms with E-state index in [0.717, 1.165) is 0 Å². The molecule has 4 heterocycles. The van der Waals surface area contributed by atoms with E-state index < -0.39 is 30.4 Å². The van der Waals surface area contributed by atoms with Crippen LogP contribution in [0.4, 0.5) is 5.82 Å². The van der Waals surface area contributed by atoms with E-state index in [-0.39, 0.29) is 24.6 Å². The number of imidazole rings is 1. The maximum atomic E-state index is 11.4. The van der Waals surface area contributed by atoms with Gasteiger partial charge in [-0.15, -0.1) is 0 Å². The number of epoxide rings is 1. The van der Waals surface area contributed by atoms with Crippen molar-refractivity contribution in [2.24, 2.45) is 0 Å². The van der Waals surface area contributed by atoms with Gasteiger partial charge in [-0.05, 0) is 0 Å². The van der Waals surface area contributed by atoms with E-state index in [1.54, 1.807) is 10.9 Å². The second kappa shape index (κ2) is 6.18. The first-order valence-corrected chi connectivity index (χ1v) is 8.00. The SMILES string of the molecule is CC(=O)OC[C@@H](OC(C)=O)[C@H]1O[C@@H](n2cnc3c(N)ncnc32)[C@@H]2O[C@@H]21. The molecule has 2 saturated heterocycles. The van der Waals surface area contributed by atoms with E-state index >= 15 is 0 Å². The van der Waals surface area contributed by atoms with Crippen LogP contribution in [0.5, 0.6) is 0 Å². The average Bonchev–Trinajstić information content (AvgIpc) is 3.09. The van der Waals surface area contributed by atoms with Gasteiger partial charge < -0.3 is 24.7 Å². The van der Waals surface area contributed by atoms with Crippen molar-refractivity contribution in [3.63, 3.8) is 0 Å². The van der Waals surface area contributed by atoms with Gasteiger partial charge in [0, 0.05) is 13.8 Å². The second-order valence-corrected chi connectivity index (χ2v) is 6.09. The highest BCUT2D eigenvalue weighted by molar-refractivity contribution is 5.81. The number of aromatic nitrogens is 4. The molecule has 0 radical (unpaired) electrons. The molecule has 0 unspecified atom stereocenters. The molecule has 2 aromatic rings. The van der Waals surface area contributed by atoms with Gasteiger partial charge in [-0.2, -0.15) is 0 Å². The summed E-state index contributed by atoms with van der Waals surface area (Å²) in [7, 11) is 0. The molecule has 2 aromatic heterocycles. The van der Waals surface area contributed by atoms with Crippen molar-refractivity contribution in [1.82, 2.24) is 19.5 Å². The Labute approximate surface area is 147 Å². The number of nitrogens with two attached hydrogens (primary N) is 1. The Bertz CT molecular complexity index is 869. The van der Waals surface area contributed by atoms with Crippen molar-refractivity contribution >= 4 is 28.9 Å². The summed E-state index contributed by atoms with van der Waals surface area (Å²) in [4.78, 5) is 34.8. The number of fused-ring (bicyclic) bond motifs is 2. The Balaban J connectivity index is 1.57. The molecule has 11 nitrogen and oxygen atoms in total. The number of hydrogen-bond donors (Lipinski definition) is 1. The quantitative estimate of drug-likeness (QED) is 0.548. The van der Waals surface area contributed by atoms with Crippen molar-refractivity contribution in [3.8, 4) is 0 Å². The normalized spacial score (nSPS) is 27.8. The van der Waals surface area contributed by atoms with E-state index in [2.05, 4.69) is 15.0 Å². The molecule has 0 aromatic carbocycles. The van der Waals surface area contributed by atoms with Gasteiger partial charge in [0.05, 0.1) is 6.33 Å². The zero-order valence-electron chi connectivity index (χ0n) is 14.1. The van der Waals surface area contributed by atoms with Gasteiger partial charge in [-0.3, -0.25) is 14.2 Å². The summed E-state index contributed by atoms with van der Waals surface area (Å²) in [6.45, 7) is 2.45. The van der Waals surface area contributed by atoms with E-state index in [1.165, 1.54) is 20.2 Å². The second-order valence-electron chi connectivity index (χ2n) is 6.09. The number of esters is 2. The summed E-state index contributed by atoms with van der Waals surface area (Å²) < 4.78 is 23.7. The Kier molecular flexibility index (Phi) is 3.96. The number of carbonyl (C=O) groups is 2. The summed E-state index contributed by atoms with van der Waals surface area (Å²) in [6, 6.07) is 0. The van der Waals surface area contributed by atoms with Crippen LogP contribution < -0.4 is 5.73 Å². The molecule has 0 amide bonds. The van der Waals surface area contributed by atoms with Crippen molar-refractivity contribution in [2.75, 3.05) is 12.3 Å². The molecule has 2 N–H and O–H groups in total. The minimum absolute atomic E-state index is 0.112. The van der Waals surface area contributed by atoms with Crippen molar-refractivity contribution < 1.29 is 28.5 Å². The molecule has 0 bridgehead atoms. The van der Waals surface area contributed by atoms with Gasteiger partial charge >= 0.3 is 11.9 Å². The molecule has 5 atom stereocenters. The number of nitrogens with zero attached hydrogens (tertiary/aromatic N) is 4. The molecule has 26 heavy (non-hydrogen) atoms. The third kappa shape index (κ3) is 2.84. The van der Waals surface area contributed by atoms with Crippen molar-refractivity contribution in [2.45, 2.75) is 44.5 Å². The zero-order valence-corrected chi connectivity index (χ0v) is 14.1. The lowest BCUT2D eigenvalue weighted by Crippen LogP contribution is -2.39. The van der Waals surface area contributed by atoms with Crippen LogP contribution in [0.1, 0.15) is 20.1 Å². The monoisotopic (exact) mass is 363 g/mol. The number of hydrogen-bond acceptors (Lipinski definition) is 10. The lowest BCUT2D eigenvalue weighted by molar-refractivity contribution is -0.175. The van der Waals surface area contributed by atoms with Gasteiger partial charge in [0.1, 0.15) is 36.8 Å². The number of ether oxygens (including phenoxy) is 4.